The number of amides is 2. The number of hydrogen-bond acceptors (Lipinski definition) is 2. The average molecular weight is 335 g/mol. The highest BCUT2D eigenvalue weighted by molar-refractivity contribution is 5.96. The molecule has 0 aliphatic carbocycles. The number of carbonyl (C=O) groups excluding carboxylic acids is 2. The summed E-state index contributed by atoms with van der Waals surface area (Å²) in [5.41, 5.74) is 2.37. The Morgan fingerprint density at radius 3 is 2.72 bits per heavy atom. The first-order valence-electron chi connectivity index (χ1n) is 8.33. The molecule has 5 nitrogen and oxygen atoms in total. The van der Waals surface area contributed by atoms with Crippen LogP contribution in [0.2, 0.25) is 0 Å². The molecule has 25 heavy (non-hydrogen) atoms. The third-order valence-corrected chi connectivity index (χ3v) is 3.99. The van der Waals surface area contributed by atoms with Crippen molar-refractivity contribution in [2.24, 2.45) is 0 Å². The zero-order valence-corrected chi connectivity index (χ0v) is 14.2. The zero-order chi connectivity index (χ0) is 17.6. The number of aromatic nitrogens is 1. The van der Waals surface area contributed by atoms with Crippen molar-refractivity contribution in [2.45, 2.75) is 19.9 Å². The predicted octanol–water partition coefficient (Wildman–Crippen LogP) is 3.42. The summed E-state index contributed by atoms with van der Waals surface area (Å²) in [6.07, 6.45) is 2.92. The largest absolute Gasteiger partial charge is 0.352 e. The Labute approximate surface area is 146 Å². The Morgan fingerprint density at radius 1 is 1.04 bits per heavy atom. The molecule has 2 aromatic carbocycles. The molecule has 0 unspecified atom stereocenters. The van der Waals surface area contributed by atoms with Crippen molar-refractivity contribution in [2.75, 3.05) is 11.9 Å². The number of nitrogens with one attached hydrogen (secondary N) is 2. The molecular weight excluding hydrogens is 314 g/mol. The smallest absolute Gasteiger partial charge is 0.251 e. The van der Waals surface area contributed by atoms with Crippen LogP contribution in [-0.2, 0) is 11.3 Å². The normalized spacial score (nSPS) is 10.6. The first kappa shape index (κ1) is 16.8. The van der Waals surface area contributed by atoms with Gasteiger partial charge in [0.2, 0.25) is 5.91 Å². The van der Waals surface area contributed by atoms with E-state index >= 15 is 0 Å². The van der Waals surface area contributed by atoms with E-state index in [2.05, 4.69) is 39.6 Å². The Morgan fingerprint density at radius 2 is 1.88 bits per heavy atom. The van der Waals surface area contributed by atoms with E-state index in [9.17, 15) is 9.59 Å². The Hall–Kier alpha value is -3.08. The first-order chi connectivity index (χ1) is 12.1. The van der Waals surface area contributed by atoms with E-state index in [0.29, 0.717) is 17.8 Å². The molecule has 0 atom stereocenters. The molecule has 0 aliphatic rings. The monoisotopic (exact) mass is 335 g/mol. The standard InChI is InChI=1S/C20H21N3O2/c1-15(24)22-18-8-4-7-17(14-18)20(25)21-11-5-12-23-13-10-16-6-2-3-9-19(16)23/h2-4,6-10,13-14H,5,11-12H2,1H3,(H,21,25)(H,22,24). The van der Waals surface area contributed by atoms with Gasteiger partial charge in [0.05, 0.1) is 0 Å². The van der Waals surface area contributed by atoms with Crippen LogP contribution >= 0.6 is 0 Å². The van der Waals surface area contributed by atoms with Gasteiger partial charge in [-0.2, -0.15) is 0 Å². The van der Waals surface area contributed by atoms with Crippen LogP contribution in [0.25, 0.3) is 10.9 Å². The summed E-state index contributed by atoms with van der Waals surface area (Å²) in [6, 6.07) is 17.3. The van der Waals surface area contributed by atoms with Crippen molar-refractivity contribution in [3.8, 4) is 0 Å². The summed E-state index contributed by atoms with van der Waals surface area (Å²) in [6.45, 7) is 2.88. The van der Waals surface area contributed by atoms with Crippen LogP contribution in [0, 0.1) is 0 Å². The molecule has 3 rings (SSSR count). The Balaban J connectivity index is 1.52. The molecule has 0 saturated heterocycles. The van der Waals surface area contributed by atoms with Gasteiger partial charge < -0.3 is 15.2 Å². The van der Waals surface area contributed by atoms with E-state index < -0.39 is 0 Å². The SMILES string of the molecule is CC(=O)Nc1cccc(C(=O)NCCCn2ccc3ccccc32)c1. The minimum Gasteiger partial charge on any atom is -0.352 e. The number of benzene rings is 2. The van der Waals surface area contributed by atoms with Crippen LogP contribution in [0.4, 0.5) is 5.69 Å². The number of nitrogens with zero attached hydrogens (tertiary/aromatic N) is 1. The summed E-state index contributed by atoms with van der Waals surface area (Å²) < 4.78 is 2.19. The van der Waals surface area contributed by atoms with Gasteiger partial charge in [-0.1, -0.05) is 24.3 Å². The summed E-state index contributed by atoms with van der Waals surface area (Å²) in [5, 5.41) is 6.83. The molecule has 5 heteroatoms. The molecule has 0 fully saturated rings. The quantitative estimate of drug-likeness (QED) is 0.678. The van der Waals surface area contributed by atoms with Gasteiger partial charge in [0, 0.05) is 43.0 Å². The molecular formula is C20H21N3O2. The molecule has 3 aromatic rings. The van der Waals surface area contributed by atoms with E-state index in [1.54, 1.807) is 24.3 Å². The summed E-state index contributed by atoms with van der Waals surface area (Å²) >= 11 is 0. The van der Waals surface area contributed by atoms with Gasteiger partial charge >= 0.3 is 0 Å². The lowest BCUT2D eigenvalue weighted by molar-refractivity contribution is -0.114. The lowest BCUT2D eigenvalue weighted by Crippen LogP contribution is -2.25. The van der Waals surface area contributed by atoms with Crippen LogP contribution in [0.5, 0.6) is 0 Å². The predicted molar refractivity (Wildman–Crippen MR) is 99.6 cm³/mol. The molecule has 0 radical (unpaired) electrons. The van der Waals surface area contributed by atoms with Crippen LogP contribution in [0.1, 0.15) is 23.7 Å². The van der Waals surface area contributed by atoms with Gasteiger partial charge in [0.15, 0.2) is 0 Å². The molecule has 1 heterocycles. The molecule has 0 aliphatic heterocycles. The molecule has 1 aromatic heterocycles. The number of para-hydroxylation sites is 1. The van der Waals surface area contributed by atoms with E-state index in [1.165, 1.54) is 17.8 Å². The minimum atomic E-state index is -0.156. The van der Waals surface area contributed by atoms with Gasteiger partial charge in [-0.15, -0.1) is 0 Å². The highest BCUT2D eigenvalue weighted by Gasteiger charge is 2.06. The second-order valence-corrected chi connectivity index (χ2v) is 5.94. The molecule has 2 amide bonds. The fourth-order valence-electron chi connectivity index (χ4n) is 2.83. The number of carbonyl (C=O) groups is 2. The minimum absolute atomic E-state index is 0.135. The molecule has 128 valence electrons. The lowest BCUT2D eigenvalue weighted by Gasteiger charge is -2.09. The number of fused-ring (bicyclic) bond motifs is 1. The summed E-state index contributed by atoms with van der Waals surface area (Å²) in [7, 11) is 0. The van der Waals surface area contributed by atoms with Gasteiger partial charge in [0.1, 0.15) is 0 Å². The summed E-state index contributed by atoms with van der Waals surface area (Å²) in [4.78, 5) is 23.3. The average Bonchev–Trinajstić information content (AvgIpc) is 3.01. The molecule has 0 bridgehead atoms. The third kappa shape index (κ3) is 4.26. The Kier molecular flexibility index (Phi) is 5.14. The maximum Gasteiger partial charge on any atom is 0.251 e. The second kappa shape index (κ2) is 7.66. The molecule has 0 saturated carbocycles. The number of aryl methyl sites for hydroxylation is 1. The third-order valence-electron chi connectivity index (χ3n) is 3.99. The maximum atomic E-state index is 12.2. The van der Waals surface area contributed by atoms with Crippen LogP contribution in [-0.4, -0.2) is 22.9 Å². The Bertz CT molecular complexity index is 899. The van der Waals surface area contributed by atoms with E-state index in [4.69, 9.17) is 0 Å². The van der Waals surface area contributed by atoms with Gasteiger partial charge in [-0.3, -0.25) is 9.59 Å². The van der Waals surface area contributed by atoms with E-state index in [-0.39, 0.29) is 11.8 Å². The van der Waals surface area contributed by atoms with Crippen LogP contribution in [0.15, 0.2) is 60.8 Å². The van der Waals surface area contributed by atoms with E-state index in [1.807, 2.05) is 12.1 Å². The first-order valence-corrected chi connectivity index (χ1v) is 8.33. The number of anilines is 1. The number of rotatable bonds is 6. The zero-order valence-electron chi connectivity index (χ0n) is 14.2. The second-order valence-electron chi connectivity index (χ2n) is 5.94. The van der Waals surface area contributed by atoms with Crippen molar-refractivity contribution < 1.29 is 9.59 Å². The van der Waals surface area contributed by atoms with Crippen molar-refractivity contribution in [1.29, 1.82) is 0 Å². The van der Waals surface area contributed by atoms with Crippen molar-refractivity contribution >= 4 is 28.4 Å². The fourth-order valence-corrected chi connectivity index (χ4v) is 2.83. The van der Waals surface area contributed by atoms with Gasteiger partial charge in [-0.05, 0) is 42.1 Å². The highest BCUT2D eigenvalue weighted by atomic mass is 16.2. The van der Waals surface area contributed by atoms with Crippen molar-refractivity contribution in [3.05, 3.63) is 66.4 Å². The van der Waals surface area contributed by atoms with Crippen molar-refractivity contribution in [1.82, 2.24) is 9.88 Å². The van der Waals surface area contributed by atoms with E-state index in [0.717, 1.165) is 13.0 Å². The topological polar surface area (TPSA) is 63.1 Å². The number of hydrogen-bond donors (Lipinski definition) is 2. The summed E-state index contributed by atoms with van der Waals surface area (Å²) in [5.74, 6) is -0.291. The molecule has 2 N–H and O–H groups in total. The van der Waals surface area contributed by atoms with Crippen LogP contribution in [0.3, 0.4) is 0 Å². The molecule has 0 spiro atoms. The maximum absolute atomic E-state index is 12.2. The lowest BCUT2D eigenvalue weighted by atomic mass is 10.2. The van der Waals surface area contributed by atoms with Crippen molar-refractivity contribution in [3.63, 3.8) is 0 Å². The van der Waals surface area contributed by atoms with Gasteiger partial charge in [-0.25, -0.2) is 0 Å². The fraction of sp³-hybridized carbons (Fsp3) is 0.200. The van der Waals surface area contributed by atoms with Gasteiger partial charge in [0.25, 0.3) is 5.91 Å². The van der Waals surface area contributed by atoms with Crippen LogP contribution < -0.4 is 10.6 Å². The highest BCUT2D eigenvalue weighted by Crippen LogP contribution is 2.15.